The third-order valence-electron chi connectivity index (χ3n) is 5.37. The van der Waals surface area contributed by atoms with E-state index in [4.69, 9.17) is 10.6 Å². The first-order chi connectivity index (χ1) is 18.4. The fraction of sp³-hybridized carbons (Fsp3) is 0.350. The van der Waals surface area contributed by atoms with Crippen molar-refractivity contribution in [2.24, 2.45) is 12.2 Å². The van der Waals surface area contributed by atoms with Gasteiger partial charge in [0, 0.05) is 18.2 Å². The van der Waals surface area contributed by atoms with Gasteiger partial charge < -0.3 is 26.1 Å². The van der Waals surface area contributed by atoms with E-state index in [0.29, 0.717) is 10.7 Å². The lowest BCUT2D eigenvalue weighted by atomic mass is 10.0. The number of tetrazole rings is 1. The molecule has 2 atom stereocenters. The molecule has 0 bridgehead atoms. The van der Waals surface area contributed by atoms with Crippen LogP contribution in [-0.2, 0) is 31.1 Å². The van der Waals surface area contributed by atoms with Crippen molar-refractivity contribution in [2.45, 2.75) is 36.0 Å². The third kappa shape index (κ3) is 5.73. The van der Waals surface area contributed by atoms with Crippen LogP contribution in [0.1, 0.15) is 19.5 Å². The van der Waals surface area contributed by atoms with Crippen LogP contribution in [0.5, 0.6) is 0 Å². The summed E-state index contributed by atoms with van der Waals surface area (Å²) in [4.78, 5) is 59.8. The van der Waals surface area contributed by atoms with E-state index in [9.17, 15) is 29.4 Å². The predicted octanol–water partition coefficient (Wildman–Crippen LogP) is -0.123. The summed E-state index contributed by atoms with van der Waals surface area (Å²) >= 11 is 3.46. The highest BCUT2D eigenvalue weighted by Crippen LogP contribution is 2.41. The summed E-state index contributed by atoms with van der Waals surface area (Å²) < 4.78 is 1.45. The number of aromatic nitrogens is 5. The fourth-order valence-electron chi connectivity index (χ4n) is 3.28. The molecular formula is C20H21N9O7S3. The highest BCUT2D eigenvalue weighted by atomic mass is 32.2. The van der Waals surface area contributed by atoms with Crippen molar-refractivity contribution in [2.75, 3.05) is 11.5 Å². The highest BCUT2D eigenvalue weighted by Gasteiger charge is 2.54. The molecule has 206 valence electrons. The predicted molar refractivity (Wildman–Crippen MR) is 139 cm³/mol. The number of nitrogens with two attached hydrogens (primary N) is 1. The number of thiazole rings is 1. The van der Waals surface area contributed by atoms with Crippen molar-refractivity contribution in [3.8, 4) is 0 Å². The lowest BCUT2D eigenvalue weighted by Gasteiger charge is -2.49. The molecular weight excluding hydrogens is 574 g/mol. The van der Waals surface area contributed by atoms with E-state index in [2.05, 4.69) is 31.0 Å². The summed E-state index contributed by atoms with van der Waals surface area (Å²) in [7, 11) is 1.66. The quantitative estimate of drug-likeness (QED) is 0.121. The molecule has 1 saturated heterocycles. The molecule has 2 amide bonds. The standard InChI is InChI=1S/C20H21N9O7S3/c1-20(2,17(34)35)36-25-10(9-7-39-18(21)22-9)13(30)23-11-14(31)29-12(16(32)33)8(6-38-15(11)29)4-5-37-19-24-26-27-28(19)3/h4-5,7,11,15H,6H2,1-3H3,(H2,21,22)(H,23,30)(H,32,33)(H,34,35). The normalized spacial score (nSPS) is 19.6. The molecule has 2 aromatic rings. The molecule has 0 spiro atoms. The summed E-state index contributed by atoms with van der Waals surface area (Å²) in [5, 5.41) is 39.4. The van der Waals surface area contributed by atoms with Gasteiger partial charge >= 0.3 is 11.9 Å². The van der Waals surface area contributed by atoms with Gasteiger partial charge in [0.05, 0.1) is 0 Å². The Bertz CT molecular complexity index is 1430. The van der Waals surface area contributed by atoms with E-state index in [0.717, 1.165) is 16.2 Å². The minimum Gasteiger partial charge on any atom is -0.478 e. The Morgan fingerprint density at radius 2 is 2.10 bits per heavy atom. The van der Waals surface area contributed by atoms with Crippen molar-refractivity contribution in [3.63, 3.8) is 0 Å². The summed E-state index contributed by atoms with van der Waals surface area (Å²) in [6.07, 6.45) is 1.57. The fourth-order valence-corrected chi connectivity index (χ4v) is 5.77. The number of nitrogens with one attached hydrogen (secondary N) is 1. The Hall–Kier alpha value is -3.97. The first-order valence-electron chi connectivity index (χ1n) is 10.9. The number of allylic oxidation sites excluding steroid dienone is 1. The largest absolute Gasteiger partial charge is 0.478 e. The van der Waals surface area contributed by atoms with E-state index in [-0.39, 0.29) is 22.3 Å². The van der Waals surface area contributed by atoms with Crippen LogP contribution < -0.4 is 11.1 Å². The number of carboxylic acids is 2. The average molecular weight is 596 g/mol. The number of thioether (sulfide) groups is 2. The monoisotopic (exact) mass is 595 g/mol. The van der Waals surface area contributed by atoms with Crippen molar-refractivity contribution in [1.82, 2.24) is 35.4 Å². The van der Waals surface area contributed by atoms with Gasteiger partial charge in [-0.25, -0.2) is 19.3 Å². The number of rotatable bonds is 10. The topological polar surface area (TPSA) is 228 Å². The molecule has 2 aliphatic heterocycles. The number of carbonyl (C=O) groups is 4. The number of amides is 2. The summed E-state index contributed by atoms with van der Waals surface area (Å²) in [6.45, 7) is 2.48. The number of nitrogen functional groups attached to an aromatic ring is 1. The molecule has 39 heavy (non-hydrogen) atoms. The zero-order valence-corrected chi connectivity index (χ0v) is 22.9. The molecule has 0 aromatic carbocycles. The summed E-state index contributed by atoms with van der Waals surface area (Å²) in [5.74, 6) is -3.89. The number of aliphatic carboxylic acids is 2. The summed E-state index contributed by atoms with van der Waals surface area (Å²) in [6, 6.07) is -1.07. The molecule has 4 heterocycles. The van der Waals surface area contributed by atoms with Crippen molar-refractivity contribution < 1.29 is 34.2 Å². The first-order valence-corrected chi connectivity index (χ1v) is 13.7. The molecule has 4 rings (SSSR count). The molecule has 2 unspecified atom stereocenters. The zero-order valence-electron chi connectivity index (χ0n) is 20.5. The van der Waals surface area contributed by atoms with Crippen LogP contribution in [0.15, 0.2) is 38.4 Å². The van der Waals surface area contributed by atoms with Gasteiger partial charge in [-0.3, -0.25) is 14.5 Å². The van der Waals surface area contributed by atoms with Crippen molar-refractivity contribution in [1.29, 1.82) is 0 Å². The second-order valence-electron chi connectivity index (χ2n) is 8.46. The lowest BCUT2D eigenvalue weighted by molar-refractivity contribution is -0.161. The molecule has 1 fully saturated rings. The van der Waals surface area contributed by atoms with Crippen LogP contribution in [0.25, 0.3) is 0 Å². The number of hydrogen-bond acceptors (Lipinski definition) is 14. The van der Waals surface area contributed by atoms with Crippen LogP contribution in [0.2, 0.25) is 0 Å². The smallest absolute Gasteiger partial charge is 0.352 e. The molecule has 0 radical (unpaired) electrons. The highest BCUT2D eigenvalue weighted by molar-refractivity contribution is 8.02. The van der Waals surface area contributed by atoms with Gasteiger partial charge in [0.2, 0.25) is 10.8 Å². The maximum atomic E-state index is 13.1. The van der Waals surface area contributed by atoms with E-state index in [1.165, 1.54) is 47.4 Å². The number of aryl methyl sites for hydroxylation is 1. The van der Waals surface area contributed by atoms with Gasteiger partial charge in [-0.1, -0.05) is 16.9 Å². The van der Waals surface area contributed by atoms with Crippen LogP contribution >= 0.6 is 34.9 Å². The van der Waals surface area contributed by atoms with Gasteiger partial charge in [0.25, 0.3) is 11.8 Å². The Morgan fingerprint density at radius 3 is 2.69 bits per heavy atom. The van der Waals surface area contributed by atoms with Gasteiger partial charge in [0.1, 0.15) is 22.8 Å². The van der Waals surface area contributed by atoms with Gasteiger partial charge in [-0.05, 0) is 41.3 Å². The minimum atomic E-state index is -1.76. The van der Waals surface area contributed by atoms with Crippen LogP contribution in [0.4, 0.5) is 5.13 Å². The number of hydrogen-bond donors (Lipinski definition) is 4. The molecule has 2 aliphatic rings. The van der Waals surface area contributed by atoms with E-state index in [1.54, 1.807) is 18.5 Å². The first kappa shape index (κ1) is 28.0. The zero-order chi connectivity index (χ0) is 28.5. The lowest BCUT2D eigenvalue weighted by Crippen LogP contribution is -2.71. The molecule has 5 N–H and O–H groups in total. The Morgan fingerprint density at radius 1 is 1.36 bits per heavy atom. The number of nitrogens with zero attached hydrogens (tertiary/aromatic N) is 7. The van der Waals surface area contributed by atoms with E-state index >= 15 is 0 Å². The van der Waals surface area contributed by atoms with Crippen molar-refractivity contribution >= 4 is 69.5 Å². The molecule has 2 aromatic heterocycles. The third-order valence-corrected chi connectivity index (χ3v) is 8.18. The molecule has 0 aliphatic carbocycles. The van der Waals surface area contributed by atoms with Crippen molar-refractivity contribution in [3.05, 3.63) is 33.8 Å². The molecule has 19 heteroatoms. The van der Waals surface area contributed by atoms with Crippen LogP contribution in [-0.4, -0.2) is 92.5 Å². The number of fused-ring (bicyclic) bond motifs is 1. The average Bonchev–Trinajstić information content (AvgIpc) is 3.49. The SMILES string of the molecule is Cn1nnnc1SC=CC1=C(C(=O)O)N2C(=O)C(NC(=O)C(=NOC(C)(C)C(=O)O)c3csc(N)n3)C2SC1. The second kappa shape index (κ2) is 11.0. The van der Waals surface area contributed by atoms with Gasteiger partial charge in [-0.15, -0.1) is 28.2 Å². The second-order valence-corrected chi connectivity index (χ2v) is 11.3. The number of β-lactam (4-membered cyclic amide) rings is 1. The maximum Gasteiger partial charge on any atom is 0.352 e. The Balaban J connectivity index is 1.52. The number of anilines is 1. The molecule has 16 nitrogen and oxygen atoms in total. The number of carboxylic acid groups (broad SMARTS) is 2. The summed E-state index contributed by atoms with van der Waals surface area (Å²) in [5.41, 5.74) is 3.73. The van der Waals surface area contributed by atoms with Gasteiger partial charge in [0.15, 0.2) is 10.8 Å². The Kier molecular flexibility index (Phi) is 7.93. The van der Waals surface area contributed by atoms with E-state index in [1.807, 2.05) is 0 Å². The van der Waals surface area contributed by atoms with Crippen LogP contribution in [0.3, 0.4) is 0 Å². The maximum absolute atomic E-state index is 13.1. The Labute approximate surface area is 232 Å². The number of oxime groups is 1. The van der Waals surface area contributed by atoms with Crippen LogP contribution in [0, 0.1) is 0 Å². The van der Waals surface area contributed by atoms with E-state index < -0.39 is 46.5 Å². The number of carbonyl (C=O) groups excluding carboxylic acids is 2. The minimum absolute atomic E-state index is 0.0188. The van der Waals surface area contributed by atoms with Gasteiger partial charge in [-0.2, -0.15) is 0 Å². The molecule has 0 saturated carbocycles.